The van der Waals surface area contributed by atoms with E-state index < -0.39 is 0 Å². The van der Waals surface area contributed by atoms with Gasteiger partial charge in [0.2, 0.25) is 0 Å². The number of aromatic nitrogens is 1. The third kappa shape index (κ3) is 6.32. The summed E-state index contributed by atoms with van der Waals surface area (Å²) < 4.78 is 5.77. The van der Waals surface area contributed by atoms with Gasteiger partial charge in [0.15, 0.2) is 6.61 Å². The van der Waals surface area contributed by atoms with Crippen LogP contribution in [0.5, 0.6) is 5.75 Å². The second kappa shape index (κ2) is 11.0. The third-order valence-electron chi connectivity index (χ3n) is 5.14. The number of benzene rings is 2. The summed E-state index contributed by atoms with van der Waals surface area (Å²) in [6.45, 7) is 3.90. The van der Waals surface area contributed by atoms with Crippen molar-refractivity contribution < 1.29 is 9.57 Å². The van der Waals surface area contributed by atoms with Gasteiger partial charge in [0.25, 0.3) is 0 Å². The van der Waals surface area contributed by atoms with Gasteiger partial charge in [0.05, 0.1) is 5.71 Å². The second-order valence-electron chi connectivity index (χ2n) is 7.41. The third-order valence-corrected chi connectivity index (χ3v) is 6.32. The Bertz CT molecular complexity index is 970. The molecule has 0 amide bonds. The monoisotopic (exact) mass is 433 g/mol. The molecule has 31 heavy (non-hydrogen) atoms. The van der Waals surface area contributed by atoms with Crippen molar-refractivity contribution in [3.8, 4) is 16.9 Å². The molecule has 1 N–H and O–H groups in total. The minimum atomic E-state index is 0.401. The first kappa shape index (κ1) is 21.4. The first-order chi connectivity index (χ1) is 15.3. The molecule has 1 unspecified atom stereocenters. The normalized spacial score (nSPS) is 16.3. The highest BCUT2D eigenvalue weighted by molar-refractivity contribution is 8.00. The molecule has 2 aromatic carbocycles. The second-order valence-corrected chi connectivity index (χ2v) is 8.70. The van der Waals surface area contributed by atoms with Crippen LogP contribution in [0.25, 0.3) is 11.1 Å². The molecule has 5 nitrogen and oxygen atoms in total. The zero-order valence-corrected chi connectivity index (χ0v) is 18.5. The van der Waals surface area contributed by atoms with Gasteiger partial charge >= 0.3 is 0 Å². The molecule has 0 aliphatic carbocycles. The fraction of sp³-hybridized carbons (Fsp3) is 0.280. The van der Waals surface area contributed by atoms with Crippen LogP contribution in [-0.2, 0) is 11.3 Å². The Hall–Kier alpha value is -2.83. The van der Waals surface area contributed by atoms with E-state index in [4.69, 9.17) is 9.57 Å². The summed E-state index contributed by atoms with van der Waals surface area (Å²) in [6, 6.07) is 20.6. The van der Waals surface area contributed by atoms with Crippen molar-refractivity contribution in [3.05, 3.63) is 84.2 Å². The van der Waals surface area contributed by atoms with Crippen LogP contribution in [0.2, 0.25) is 0 Å². The maximum absolute atomic E-state index is 5.77. The van der Waals surface area contributed by atoms with Gasteiger partial charge in [-0.1, -0.05) is 41.6 Å². The molecule has 2 heterocycles. The fourth-order valence-electron chi connectivity index (χ4n) is 3.41. The topological polar surface area (TPSA) is 55.7 Å². The predicted molar refractivity (Wildman–Crippen MR) is 128 cm³/mol. The van der Waals surface area contributed by atoms with E-state index in [0.717, 1.165) is 47.0 Å². The van der Waals surface area contributed by atoms with Gasteiger partial charge in [-0.15, -0.1) is 11.8 Å². The molecule has 1 aliphatic heterocycles. The quantitative estimate of drug-likeness (QED) is 0.299. The minimum Gasteiger partial charge on any atom is -0.490 e. The molecule has 160 valence electrons. The van der Waals surface area contributed by atoms with Crippen LogP contribution in [0.3, 0.4) is 0 Å². The fourth-order valence-corrected chi connectivity index (χ4v) is 4.43. The van der Waals surface area contributed by atoms with E-state index in [1.807, 2.05) is 43.0 Å². The van der Waals surface area contributed by atoms with E-state index in [2.05, 4.69) is 51.9 Å². The molecule has 1 fully saturated rings. The Morgan fingerprint density at radius 3 is 2.45 bits per heavy atom. The van der Waals surface area contributed by atoms with Crippen molar-refractivity contribution >= 4 is 17.5 Å². The summed E-state index contributed by atoms with van der Waals surface area (Å²) in [4.78, 5) is 9.50. The maximum atomic E-state index is 5.77. The molecule has 1 aromatic heterocycles. The van der Waals surface area contributed by atoms with Gasteiger partial charge in [-0.3, -0.25) is 4.98 Å². The molecule has 0 spiro atoms. The Balaban J connectivity index is 1.20. The van der Waals surface area contributed by atoms with E-state index in [9.17, 15) is 0 Å². The number of oxime groups is 1. The van der Waals surface area contributed by atoms with E-state index in [-0.39, 0.29) is 0 Å². The number of rotatable bonds is 9. The van der Waals surface area contributed by atoms with E-state index >= 15 is 0 Å². The lowest BCUT2D eigenvalue weighted by Crippen LogP contribution is -2.14. The van der Waals surface area contributed by atoms with Gasteiger partial charge in [0.1, 0.15) is 12.4 Å². The van der Waals surface area contributed by atoms with Crippen molar-refractivity contribution in [1.29, 1.82) is 0 Å². The average Bonchev–Trinajstić information content (AvgIpc) is 3.33. The van der Waals surface area contributed by atoms with Crippen molar-refractivity contribution in [2.75, 3.05) is 25.6 Å². The van der Waals surface area contributed by atoms with E-state index in [0.29, 0.717) is 18.5 Å². The van der Waals surface area contributed by atoms with Crippen LogP contribution in [0.15, 0.2) is 78.2 Å². The van der Waals surface area contributed by atoms with Gasteiger partial charge in [0, 0.05) is 30.1 Å². The zero-order valence-electron chi connectivity index (χ0n) is 17.7. The molecule has 6 heteroatoms. The Kier molecular flexibility index (Phi) is 7.58. The first-order valence-corrected chi connectivity index (χ1v) is 11.5. The number of nitrogens with zero attached hydrogens (tertiary/aromatic N) is 2. The molecule has 3 aromatic rings. The summed E-state index contributed by atoms with van der Waals surface area (Å²) in [7, 11) is 0. The minimum absolute atomic E-state index is 0.401. The van der Waals surface area contributed by atoms with Gasteiger partial charge < -0.3 is 14.9 Å². The number of hydrogen-bond donors (Lipinski definition) is 1. The van der Waals surface area contributed by atoms with Crippen LogP contribution >= 0.6 is 11.8 Å². The number of thioether (sulfide) groups is 1. The SMILES string of the molecule is CC(=NOCCOc1ccc(CC2CNCS2)cc1)c1ccc(-c2ccncc2)cc1. The Labute approximate surface area is 187 Å². The zero-order chi connectivity index (χ0) is 21.3. The lowest BCUT2D eigenvalue weighted by Gasteiger charge is -2.09. The lowest BCUT2D eigenvalue weighted by atomic mass is 10.0. The largest absolute Gasteiger partial charge is 0.490 e. The summed E-state index contributed by atoms with van der Waals surface area (Å²) in [5, 5.41) is 8.27. The Morgan fingerprint density at radius 1 is 1.00 bits per heavy atom. The van der Waals surface area contributed by atoms with Gasteiger partial charge in [-0.25, -0.2) is 0 Å². The average molecular weight is 434 g/mol. The lowest BCUT2D eigenvalue weighted by molar-refractivity contribution is 0.107. The number of pyridine rings is 1. The van der Waals surface area contributed by atoms with Crippen molar-refractivity contribution in [1.82, 2.24) is 10.3 Å². The van der Waals surface area contributed by atoms with E-state index in [1.54, 1.807) is 12.4 Å². The standard InChI is InChI=1S/C25H27N3O2S/c1-19(21-4-6-22(7-5-21)23-10-12-26-13-11-23)28-30-15-14-29-24-8-2-20(3-9-24)16-25-17-27-18-31-25/h2-13,25,27H,14-18H2,1H3. The summed E-state index contributed by atoms with van der Waals surface area (Å²) in [5.41, 5.74) is 5.51. The molecule has 4 rings (SSSR count). The molecule has 1 atom stereocenters. The number of ether oxygens (including phenoxy) is 1. The summed E-state index contributed by atoms with van der Waals surface area (Å²) in [6.07, 6.45) is 4.69. The highest BCUT2D eigenvalue weighted by Crippen LogP contribution is 2.21. The molecule has 0 radical (unpaired) electrons. The van der Waals surface area contributed by atoms with Crippen LogP contribution in [0.1, 0.15) is 18.1 Å². The van der Waals surface area contributed by atoms with Crippen molar-refractivity contribution in [2.24, 2.45) is 5.16 Å². The van der Waals surface area contributed by atoms with Gasteiger partial charge in [-0.2, -0.15) is 0 Å². The number of hydrogen-bond acceptors (Lipinski definition) is 6. The summed E-state index contributed by atoms with van der Waals surface area (Å²) >= 11 is 1.99. The smallest absolute Gasteiger partial charge is 0.151 e. The first-order valence-electron chi connectivity index (χ1n) is 10.5. The van der Waals surface area contributed by atoms with Crippen LogP contribution in [0.4, 0.5) is 0 Å². The van der Waals surface area contributed by atoms with Gasteiger partial charge in [-0.05, 0) is 59.9 Å². The van der Waals surface area contributed by atoms with Crippen LogP contribution < -0.4 is 10.1 Å². The predicted octanol–water partition coefficient (Wildman–Crippen LogP) is 4.77. The molecule has 1 saturated heterocycles. The number of nitrogens with one attached hydrogen (secondary N) is 1. The van der Waals surface area contributed by atoms with Crippen molar-refractivity contribution in [3.63, 3.8) is 0 Å². The molecule has 0 saturated carbocycles. The highest BCUT2D eigenvalue weighted by Gasteiger charge is 2.15. The molecule has 0 bridgehead atoms. The molecular weight excluding hydrogens is 406 g/mol. The van der Waals surface area contributed by atoms with Crippen molar-refractivity contribution in [2.45, 2.75) is 18.6 Å². The summed E-state index contributed by atoms with van der Waals surface area (Å²) in [5.74, 6) is 1.92. The maximum Gasteiger partial charge on any atom is 0.151 e. The van der Waals surface area contributed by atoms with E-state index in [1.165, 1.54) is 5.56 Å². The Morgan fingerprint density at radius 2 is 1.74 bits per heavy atom. The molecule has 1 aliphatic rings. The highest BCUT2D eigenvalue weighted by atomic mass is 32.2. The van der Waals surface area contributed by atoms with Crippen LogP contribution in [0, 0.1) is 0 Å². The van der Waals surface area contributed by atoms with Crippen LogP contribution in [-0.4, -0.2) is 41.6 Å². The molecular formula is C25H27N3O2S.